The molecule has 0 bridgehead atoms. The number of nitrogens with two attached hydrogens (primary N) is 1. The van der Waals surface area contributed by atoms with Crippen LogP contribution >= 0.6 is 0 Å². The minimum absolute atomic E-state index is 0.0508. The van der Waals surface area contributed by atoms with Gasteiger partial charge < -0.3 is 24.7 Å². The third-order valence-electron chi connectivity index (χ3n) is 2.59. The van der Waals surface area contributed by atoms with Crippen LogP contribution in [0.4, 0.5) is 0 Å². The molecule has 2 N–H and O–H groups in total. The van der Waals surface area contributed by atoms with Crippen molar-refractivity contribution in [1.29, 1.82) is 0 Å². The maximum absolute atomic E-state index is 5.96. The van der Waals surface area contributed by atoms with E-state index < -0.39 is 0 Å². The highest BCUT2D eigenvalue weighted by Crippen LogP contribution is 2.17. The number of ether oxygens (including phenoxy) is 4. The highest BCUT2D eigenvalue weighted by atomic mass is 16.6. The van der Waals surface area contributed by atoms with Gasteiger partial charge in [-0.3, -0.25) is 0 Å². The van der Waals surface area contributed by atoms with Crippen LogP contribution in [0.1, 0.15) is 20.8 Å². The predicted molar refractivity (Wildman–Crippen MR) is 71.8 cm³/mol. The molecule has 0 radical (unpaired) electrons. The monoisotopic (exact) mass is 263 g/mol. The third kappa shape index (κ3) is 10.9. The summed E-state index contributed by atoms with van der Waals surface area (Å²) >= 11 is 0. The van der Waals surface area contributed by atoms with Crippen molar-refractivity contribution in [2.75, 3.05) is 53.4 Å². The Kier molecular flexibility index (Phi) is 10.6. The van der Waals surface area contributed by atoms with Crippen molar-refractivity contribution < 1.29 is 18.9 Å². The smallest absolute Gasteiger partial charge is 0.0701 e. The summed E-state index contributed by atoms with van der Waals surface area (Å²) < 4.78 is 20.9. The van der Waals surface area contributed by atoms with Crippen molar-refractivity contribution in [1.82, 2.24) is 0 Å². The summed E-state index contributed by atoms with van der Waals surface area (Å²) in [5.41, 5.74) is 6.04. The van der Waals surface area contributed by atoms with E-state index in [0.29, 0.717) is 46.2 Å². The van der Waals surface area contributed by atoms with E-state index in [4.69, 9.17) is 24.7 Å². The standard InChI is InChI=1S/C13H29NO4/c1-13(2,3)12(14)11-18-10-9-17-8-7-16-6-5-15-4/h12H,5-11,14H2,1-4H3. The topological polar surface area (TPSA) is 62.9 Å². The van der Waals surface area contributed by atoms with Crippen LogP contribution in [0, 0.1) is 5.41 Å². The highest BCUT2D eigenvalue weighted by molar-refractivity contribution is 4.76. The SMILES string of the molecule is COCCOCCOCCOCC(N)C(C)(C)C. The van der Waals surface area contributed by atoms with E-state index >= 15 is 0 Å². The molecule has 0 aromatic heterocycles. The van der Waals surface area contributed by atoms with Crippen LogP contribution in [0.3, 0.4) is 0 Å². The van der Waals surface area contributed by atoms with Gasteiger partial charge in [-0.1, -0.05) is 20.8 Å². The normalized spacial score (nSPS) is 13.8. The third-order valence-corrected chi connectivity index (χ3v) is 2.59. The first-order valence-electron chi connectivity index (χ1n) is 6.46. The maximum Gasteiger partial charge on any atom is 0.0701 e. The van der Waals surface area contributed by atoms with Gasteiger partial charge in [-0.15, -0.1) is 0 Å². The Morgan fingerprint density at radius 1 is 0.833 bits per heavy atom. The fourth-order valence-corrected chi connectivity index (χ4v) is 1.04. The molecule has 5 nitrogen and oxygen atoms in total. The molecular weight excluding hydrogens is 234 g/mol. The second kappa shape index (κ2) is 10.7. The molecule has 0 rings (SSSR count). The maximum atomic E-state index is 5.96. The number of rotatable bonds is 11. The van der Waals surface area contributed by atoms with Crippen LogP contribution in [0.2, 0.25) is 0 Å². The molecule has 1 atom stereocenters. The van der Waals surface area contributed by atoms with Gasteiger partial charge in [0.1, 0.15) is 0 Å². The summed E-state index contributed by atoms with van der Waals surface area (Å²) in [6, 6.07) is 0.0508. The van der Waals surface area contributed by atoms with Crippen molar-refractivity contribution in [3.8, 4) is 0 Å². The van der Waals surface area contributed by atoms with E-state index in [2.05, 4.69) is 20.8 Å². The van der Waals surface area contributed by atoms with Gasteiger partial charge in [-0.2, -0.15) is 0 Å². The Hall–Kier alpha value is -0.200. The Morgan fingerprint density at radius 3 is 1.72 bits per heavy atom. The zero-order chi connectivity index (χ0) is 13.9. The lowest BCUT2D eigenvalue weighted by atomic mass is 9.88. The second-order valence-electron chi connectivity index (χ2n) is 5.26. The molecule has 0 heterocycles. The number of hydrogen-bond acceptors (Lipinski definition) is 5. The molecule has 0 aliphatic carbocycles. The molecular formula is C13H29NO4. The van der Waals surface area contributed by atoms with E-state index in [9.17, 15) is 0 Å². The van der Waals surface area contributed by atoms with Crippen molar-refractivity contribution in [2.45, 2.75) is 26.8 Å². The number of methoxy groups -OCH3 is 1. The van der Waals surface area contributed by atoms with Crippen molar-refractivity contribution in [2.24, 2.45) is 11.1 Å². The van der Waals surface area contributed by atoms with Gasteiger partial charge in [0.2, 0.25) is 0 Å². The van der Waals surface area contributed by atoms with Gasteiger partial charge in [0.15, 0.2) is 0 Å². The zero-order valence-corrected chi connectivity index (χ0v) is 12.2. The molecule has 18 heavy (non-hydrogen) atoms. The molecule has 0 spiro atoms. The molecule has 1 unspecified atom stereocenters. The summed E-state index contributed by atoms with van der Waals surface area (Å²) in [6.07, 6.45) is 0. The van der Waals surface area contributed by atoms with Gasteiger partial charge in [0.05, 0.1) is 46.2 Å². The average molecular weight is 263 g/mol. The van der Waals surface area contributed by atoms with E-state index in [-0.39, 0.29) is 11.5 Å². The van der Waals surface area contributed by atoms with Gasteiger partial charge in [0.25, 0.3) is 0 Å². The summed E-state index contributed by atoms with van der Waals surface area (Å²) in [5.74, 6) is 0. The summed E-state index contributed by atoms with van der Waals surface area (Å²) in [5, 5.41) is 0. The van der Waals surface area contributed by atoms with Gasteiger partial charge in [0, 0.05) is 13.2 Å². The molecule has 0 fully saturated rings. The van der Waals surface area contributed by atoms with Crippen LogP contribution in [0.15, 0.2) is 0 Å². The van der Waals surface area contributed by atoms with Crippen LogP contribution in [0.25, 0.3) is 0 Å². The fourth-order valence-electron chi connectivity index (χ4n) is 1.04. The van der Waals surface area contributed by atoms with E-state index in [1.165, 1.54) is 0 Å². The van der Waals surface area contributed by atoms with E-state index in [1.54, 1.807) is 7.11 Å². The van der Waals surface area contributed by atoms with Crippen molar-refractivity contribution in [3.63, 3.8) is 0 Å². The van der Waals surface area contributed by atoms with Gasteiger partial charge in [-0.25, -0.2) is 0 Å². The fraction of sp³-hybridized carbons (Fsp3) is 1.00. The molecule has 0 aliphatic rings. The molecule has 0 saturated heterocycles. The average Bonchev–Trinajstić information content (AvgIpc) is 2.30. The Labute approximate surface area is 111 Å². The lowest BCUT2D eigenvalue weighted by Gasteiger charge is -2.26. The molecule has 0 aliphatic heterocycles. The lowest BCUT2D eigenvalue weighted by Crippen LogP contribution is -2.39. The van der Waals surface area contributed by atoms with E-state index in [1.807, 2.05) is 0 Å². The number of hydrogen-bond donors (Lipinski definition) is 1. The summed E-state index contributed by atoms with van der Waals surface area (Å²) in [7, 11) is 1.65. The lowest BCUT2D eigenvalue weighted by molar-refractivity contribution is -0.00183. The Balaban J connectivity index is 3.17. The van der Waals surface area contributed by atoms with Gasteiger partial charge >= 0.3 is 0 Å². The first-order chi connectivity index (χ1) is 8.48. The molecule has 0 saturated carbocycles. The second-order valence-corrected chi connectivity index (χ2v) is 5.26. The van der Waals surface area contributed by atoms with Crippen molar-refractivity contribution in [3.05, 3.63) is 0 Å². The highest BCUT2D eigenvalue weighted by Gasteiger charge is 2.20. The molecule has 5 heteroatoms. The minimum atomic E-state index is 0.0508. The first-order valence-corrected chi connectivity index (χ1v) is 6.46. The van der Waals surface area contributed by atoms with Crippen molar-refractivity contribution >= 4 is 0 Å². The Morgan fingerprint density at radius 2 is 1.28 bits per heavy atom. The minimum Gasteiger partial charge on any atom is -0.382 e. The zero-order valence-electron chi connectivity index (χ0n) is 12.2. The van der Waals surface area contributed by atoms with Crippen LogP contribution < -0.4 is 5.73 Å². The molecule has 0 aromatic carbocycles. The summed E-state index contributed by atoms with van der Waals surface area (Å²) in [6.45, 7) is 10.4. The first kappa shape index (κ1) is 17.8. The molecule has 110 valence electrons. The largest absolute Gasteiger partial charge is 0.382 e. The molecule has 0 amide bonds. The van der Waals surface area contributed by atoms with Crippen LogP contribution in [-0.4, -0.2) is 59.4 Å². The van der Waals surface area contributed by atoms with Crippen LogP contribution in [0.5, 0.6) is 0 Å². The predicted octanol–water partition coefficient (Wildman–Crippen LogP) is 1.06. The quantitative estimate of drug-likeness (QED) is 0.565. The summed E-state index contributed by atoms with van der Waals surface area (Å²) in [4.78, 5) is 0. The van der Waals surface area contributed by atoms with Gasteiger partial charge in [-0.05, 0) is 5.41 Å². The Bertz CT molecular complexity index is 182. The van der Waals surface area contributed by atoms with E-state index in [0.717, 1.165) is 0 Å². The van der Waals surface area contributed by atoms with Crippen LogP contribution in [-0.2, 0) is 18.9 Å². The molecule has 0 aromatic rings.